The lowest BCUT2D eigenvalue weighted by atomic mass is 10.0. The third kappa shape index (κ3) is 8.28. The lowest BCUT2D eigenvalue weighted by molar-refractivity contribution is -0.121. The maximum absolute atomic E-state index is 12.8. The molecular formula is C30H40N6O5S2. The Balaban J connectivity index is 1.12. The highest BCUT2D eigenvalue weighted by molar-refractivity contribution is 7.89. The second kappa shape index (κ2) is 14.6. The summed E-state index contributed by atoms with van der Waals surface area (Å²) in [7, 11) is -3.45. The largest absolute Gasteiger partial charge is 0.467 e. The van der Waals surface area contributed by atoms with Crippen molar-refractivity contribution in [1.82, 2.24) is 24.6 Å². The monoisotopic (exact) mass is 628 g/mol. The van der Waals surface area contributed by atoms with Gasteiger partial charge < -0.3 is 20.1 Å². The van der Waals surface area contributed by atoms with E-state index in [4.69, 9.17) is 14.8 Å². The van der Waals surface area contributed by atoms with Gasteiger partial charge in [0, 0.05) is 64.4 Å². The predicted molar refractivity (Wildman–Crippen MR) is 169 cm³/mol. The van der Waals surface area contributed by atoms with Crippen LogP contribution in [0.25, 0.3) is 15.8 Å². The van der Waals surface area contributed by atoms with Gasteiger partial charge in [0.1, 0.15) is 6.10 Å². The maximum atomic E-state index is 12.8. The molecule has 1 fully saturated rings. The maximum Gasteiger partial charge on any atom is 0.274 e. The minimum absolute atomic E-state index is 0.0722. The number of aromatic nitrogens is 3. The molecule has 0 saturated carbocycles. The number of benzene rings is 1. The van der Waals surface area contributed by atoms with Gasteiger partial charge in [-0.15, -0.1) is 0 Å². The number of amides is 1. The van der Waals surface area contributed by atoms with Crippen LogP contribution in [0, 0.1) is 0 Å². The molecule has 5 rings (SSSR count). The van der Waals surface area contributed by atoms with Crippen molar-refractivity contribution in [2.75, 3.05) is 50.0 Å². The number of hydrogen-bond acceptors (Lipinski definition) is 10. The van der Waals surface area contributed by atoms with Gasteiger partial charge >= 0.3 is 0 Å². The Labute approximate surface area is 257 Å². The van der Waals surface area contributed by atoms with Crippen LogP contribution >= 0.6 is 11.3 Å². The van der Waals surface area contributed by atoms with E-state index in [2.05, 4.69) is 33.2 Å². The fourth-order valence-electron chi connectivity index (χ4n) is 5.39. The van der Waals surface area contributed by atoms with Crippen LogP contribution < -0.4 is 15.0 Å². The van der Waals surface area contributed by atoms with E-state index in [0.29, 0.717) is 24.7 Å². The Bertz CT molecular complexity index is 1520. The number of thiazole rings is 1. The zero-order valence-electron chi connectivity index (χ0n) is 24.6. The molecule has 1 amide bonds. The molecule has 4 heterocycles. The lowest BCUT2D eigenvalue weighted by Gasteiger charge is -2.31. The molecule has 1 aromatic carbocycles. The molecule has 0 unspecified atom stereocenters. The topological polar surface area (TPSA) is 138 Å². The van der Waals surface area contributed by atoms with Gasteiger partial charge in [0.25, 0.3) is 5.19 Å². The number of anilines is 1. The smallest absolute Gasteiger partial charge is 0.274 e. The van der Waals surface area contributed by atoms with Crippen LogP contribution in [0.3, 0.4) is 0 Å². The van der Waals surface area contributed by atoms with Gasteiger partial charge in [-0.2, -0.15) is 4.31 Å². The van der Waals surface area contributed by atoms with Crippen LogP contribution in [-0.2, 0) is 21.2 Å². The summed E-state index contributed by atoms with van der Waals surface area (Å²) in [4.78, 5) is 27.7. The third-order valence-electron chi connectivity index (χ3n) is 7.77. The van der Waals surface area contributed by atoms with Crippen LogP contribution in [-0.4, -0.2) is 89.9 Å². The fourth-order valence-corrected chi connectivity index (χ4v) is 7.75. The number of rotatable bonds is 13. The fraction of sp³-hybridized carbons (Fsp3) is 0.533. The second-order valence-corrected chi connectivity index (χ2v) is 14.0. The number of carbonyl (C=O) groups excluding carboxylic acids is 1. The number of hydrogen-bond donors (Lipinski definition) is 2. The summed E-state index contributed by atoms with van der Waals surface area (Å²) >= 11 is 1.54. The Hall–Kier alpha value is -3.13. The van der Waals surface area contributed by atoms with Crippen LogP contribution in [0.1, 0.15) is 56.6 Å². The van der Waals surface area contributed by atoms with Crippen molar-refractivity contribution in [2.45, 2.75) is 58.0 Å². The Morgan fingerprint density at radius 3 is 2.67 bits per heavy atom. The van der Waals surface area contributed by atoms with E-state index in [1.54, 1.807) is 11.3 Å². The van der Waals surface area contributed by atoms with Crippen molar-refractivity contribution in [3.8, 4) is 5.19 Å². The summed E-state index contributed by atoms with van der Waals surface area (Å²) in [5, 5.41) is 12.0. The number of nitrogens with one attached hydrogen (secondary N) is 1. The molecule has 2 aromatic heterocycles. The van der Waals surface area contributed by atoms with E-state index in [1.165, 1.54) is 9.87 Å². The second-order valence-electron chi connectivity index (χ2n) is 10.9. The molecule has 3 aromatic rings. The van der Waals surface area contributed by atoms with Crippen molar-refractivity contribution < 1.29 is 23.1 Å². The zero-order valence-corrected chi connectivity index (χ0v) is 26.2. The van der Waals surface area contributed by atoms with Crippen molar-refractivity contribution in [1.29, 1.82) is 0 Å². The van der Waals surface area contributed by atoms with Crippen LogP contribution in [0.15, 0.2) is 36.7 Å². The van der Waals surface area contributed by atoms with Gasteiger partial charge in [-0.1, -0.05) is 36.8 Å². The number of aliphatic hydroxyl groups excluding tert-OH is 1. The number of piperidine rings is 1. The first-order valence-corrected chi connectivity index (χ1v) is 17.4. The highest BCUT2D eigenvalue weighted by Gasteiger charge is 2.26. The van der Waals surface area contributed by atoms with Gasteiger partial charge in [0.15, 0.2) is 0 Å². The van der Waals surface area contributed by atoms with E-state index in [0.717, 1.165) is 66.1 Å². The predicted octanol–water partition coefficient (Wildman–Crippen LogP) is 3.39. The molecule has 0 aliphatic carbocycles. The van der Waals surface area contributed by atoms with Crippen molar-refractivity contribution >= 4 is 49.0 Å². The quantitative estimate of drug-likeness (QED) is 0.292. The number of sulfonamides is 1. The van der Waals surface area contributed by atoms with Crippen LogP contribution in [0.5, 0.6) is 5.19 Å². The van der Waals surface area contributed by atoms with E-state index >= 15 is 0 Å². The number of fused-ring (bicyclic) bond motifs is 1. The van der Waals surface area contributed by atoms with Gasteiger partial charge in [-0.25, -0.2) is 23.4 Å². The first kappa shape index (κ1) is 31.3. The summed E-state index contributed by atoms with van der Waals surface area (Å²) in [6.45, 7) is 4.60. The summed E-state index contributed by atoms with van der Waals surface area (Å²) in [5.41, 5.74) is 4.25. The number of ether oxygens (including phenoxy) is 1. The first-order valence-electron chi connectivity index (χ1n) is 15.0. The van der Waals surface area contributed by atoms with Crippen molar-refractivity contribution in [3.05, 3.63) is 47.8 Å². The molecule has 43 heavy (non-hydrogen) atoms. The third-order valence-corrected chi connectivity index (χ3v) is 10.6. The molecule has 2 aliphatic heterocycles. The highest BCUT2D eigenvalue weighted by Crippen LogP contribution is 2.33. The van der Waals surface area contributed by atoms with E-state index < -0.39 is 10.0 Å². The first-order chi connectivity index (χ1) is 20.8. The minimum Gasteiger partial charge on any atom is -0.467 e. The summed E-state index contributed by atoms with van der Waals surface area (Å²) in [5.74, 6) is 0.460. The van der Waals surface area contributed by atoms with E-state index in [-0.39, 0.29) is 43.8 Å². The van der Waals surface area contributed by atoms with Crippen molar-refractivity contribution in [3.63, 3.8) is 0 Å². The molecule has 2 N–H and O–H groups in total. The average Bonchev–Trinajstić information content (AvgIpc) is 3.42. The molecule has 13 heteroatoms. The molecule has 232 valence electrons. The van der Waals surface area contributed by atoms with Crippen molar-refractivity contribution in [2.24, 2.45) is 0 Å². The number of aliphatic hydroxyl groups is 1. The standard InChI is InChI=1S/C30H40N6O5S2/c1-2-4-22-20-32-29(33-21-22)35-13-10-25(11-14-35)41-30-34-26-7-6-24(19-27(26)42-30)23-8-15-36(16-9-23)43(39,40)18-3-5-28(38)31-12-17-37/h6-8,19-21,25,37H,2-5,9-18H2,1H3,(H,31,38). The molecule has 11 nitrogen and oxygen atoms in total. The number of nitrogens with zero attached hydrogens (tertiary/aromatic N) is 5. The zero-order chi connectivity index (χ0) is 30.2. The van der Waals surface area contributed by atoms with Gasteiger partial charge in [-0.3, -0.25) is 4.79 Å². The summed E-state index contributed by atoms with van der Waals surface area (Å²) in [6.07, 6.45) is 10.8. The Morgan fingerprint density at radius 1 is 1.19 bits per heavy atom. The van der Waals surface area contributed by atoms with E-state index in [9.17, 15) is 13.2 Å². The van der Waals surface area contributed by atoms with Crippen LogP contribution in [0.2, 0.25) is 0 Å². The molecule has 1 saturated heterocycles. The molecule has 0 spiro atoms. The van der Waals surface area contributed by atoms with Gasteiger partial charge in [0.05, 0.1) is 22.6 Å². The highest BCUT2D eigenvalue weighted by atomic mass is 32.2. The van der Waals surface area contributed by atoms with Crippen LogP contribution in [0.4, 0.5) is 5.95 Å². The average molecular weight is 629 g/mol. The molecule has 0 bridgehead atoms. The molecule has 2 aliphatic rings. The van der Waals surface area contributed by atoms with E-state index in [1.807, 2.05) is 30.6 Å². The number of aryl methyl sites for hydroxylation is 1. The lowest BCUT2D eigenvalue weighted by Crippen LogP contribution is -2.39. The Kier molecular flexibility index (Phi) is 10.6. The molecular weight excluding hydrogens is 589 g/mol. The van der Waals surface area contributed by atoms with Gasteiger partial charge in [0.2, 0.25) is 21.9 Å². The Morgan fingerprint density at radius 2 is 1.98 bits per heavy atom. The van der Waals surface area contributed by atoms with Gasteiger partial charge in [-0.05, 0) is 48.1 Å². The SMILES string of the molecule is CCCc1cnc(N2CCC(Oc3nc4ccc(C5=CCN(S(=O)(=O)CCCC(=O)NCCO)CC5)cc4s3)CC2)nc1. The summed E-state index contributed by atoms with van der Waals surface area (Å²) < 4.78 is 34.4. The molecule has 0 radical (unpaired) electrons. The number of carbonyl (C=O) groups is 1. The minimum atomic E-state index is -3.45. The molecule has 0 atom stereocenters. The summed E-state index contributed by atoms with van der Waals surface area (Å²) in [6, 6.07) is 6.15. The normalized spacial score (nSPS) is 16.8.